The number of unbranched alkanes of at least 4 members (excludes halogenated alkanes) is 22. The van der Waals surface area contributed by atoms with Gasteiger partial charge in [-0.1, -0.05) is 165 Å². The van der Waals surface area contributed by atoms with Gasteiger partial charge in [-0.25, -0.2) is 4.57 Å². The van der Waals surface area contributed by atoms with Crippen molar-refractivity contribution in [1.29, 1.82) is 0 Å². The maximum absolute atomic E-state index is 13.1. The number of aromatic nitrogens is 2. The molecule has 1 amide bonds. The SMILES string of the molecule is CCCCCCCC/C=C\CCCCCCCC(=O)OCC(COP(=O)(O)OCCCC(=O)c1ccc(CN2C(=O)Cc3c(N)nc(OCCOC)nc32)cc1)OC(=O)CCCCCCC/C=C\CCCCCCCC. The molecule has 17 heteroatoms. The van der Waals surface area contributed by atoms with Crippen LogP contribution in [-0.4, -0.2) is 84.7 Å². The monoisotopic (exact) mass is 1080 g/mol. The highest BCUT2D eigenvalue weighted by atomic mass is 31.2. The number of rotatable bonds is 48. The van der Waals surface area contributed by atoms with Gasteiger partial charge >= 0.3 is 25.8 Å². The zero-order chi connectivity index (χ0) is 54.9. The number of nitrogens with two attached hydrogens (primary N) is 1. The first-order valence-corrected chi connectivity index (χ1v) is 30.4. The Morgan fingerprint density at radius 3 is 1.74 bits per heavy atom. The van der Waals surface area contributed by atoms with Crippen molar-refractivity contribution in [3.05, 3.63) is 65.3 Å². The molecule has 1 aliphatic rings. The number of nitrogen functional groups attached to an aromatic ring is 1. The topological polar surface area (TPSA) is 216 Å². The lowest BCUT2D eigenvalue weighted by atomic mass is 10.0. The Labute approximate surface area is 455 Å². The van der Waals surface area contributed by atoms with E-state index in [4.69, 9.17) is 33.7 Å². The molecule has 1 aromatic heterocycles. The van der Waals surface area contributed by atoms with Crippen LogP contribution in [0, 0.1) is 0 Å². The Morgan fingerprint density at radius 2 is 1.18 bits per heavy atom. The molecule has 2 heterocycles. The van der Waals surface area contributed by atoms with Crippen LogP contribution in [0.1, 0.15) is 228 Å². The number of nitrogens with zero attached hydrogens (tertiary/aromatic N) is 3. The predicted octanol–water partition coefficient (Wildman–Crippen LogP) is 13.8. The second-order valence-electron chi connectivity index (χ2n) is 20.0. The summed E-state index contributed by atoms with van der Waals surface area (Å²) in [7, 11) is -3.10. The van der Waals surface area contributed by atoms with Gasteiger partial charge in [0.2, 0.25) is 5.91 Å². The van der Waals surface area contributed by atoms with E-state index in [-0.39, 0.29) is 82.0 Å². The van der Waals surface area contributed by atoms with Gasteiger partial charge in [0.15, 0.2) is 11.9 Å². The van der Waals surface area contributed by atoms with Gasteiger partial charge in [-0.2, -0.15) is 9.97 Å². The molecule has 2 atom stereocenters. The van der Waals surface area contributed by atoms with E-state index < -0.39 is 32.5 Å². The molecule has 3 N–H and O–H groups in total. The zero-order valence-electron chi connectivity index (χ0n) is 46.7. The van der Waals surface area contributed by atoms with Crippen molar-refractivity contribution in [2.75, 3.05) is 50.8 Å². The lowest BCUT2D eigenvalue weighted by Gasteiger charge is -2.20. The van der Waals surface area contributed by atoms with Crippen LogP contribution in [0.5, 0.6) is 6.01 Å². The van der Waals surface area contributed by atoms with Gasteiger partial charge < -0.3 is 29.6 Å². The van der Waals surface area contributed by atoms with Gasteiger partial charge in [0.25, 0.3) is 0 Å². The number of ether oxygens (including phenoxy) is 4. The number of allylic oxidation sites excluding steroid dienone is 4. The third-order valence-corrected chi connectivity index (χ3v) is 14.2. The first-order chi connectivity index (χ1) is 37.0. The van der Waals surface area contributed by atoms with Gasteiger partial charge in [0.05, 0.1) is 32.8 Å². The number of anilines is 2. The van der Waals surface area contributed by atoms with Crippen molar-refractivity contribution < 1.29 is 56.6 Å². The first-order valence-electron chi connectivity index (χ1n) is 28.9. The fraction of sp³-hybridized carbons (Fsp3) is 0.695. The van der Waals surface area contributed by atoms with Crippen LogP contribution in [0.4, 0.5) is 11.6 Å². The number of phosphoric ester groups is 1. The summed E-state index contributed by atoms with van der Waals surface area (Å²) < 4.78 is 45.0. The Kier molecular flexibility index (Phi) is 36.0. The van der Waals surface area contributed by atoms with Crippen molar-refractivity contribution >= 4 is 43.1 Å². The number of benzene rings is 1. The largest absolute Gasteiger partial charge is 0.472 e. The summed E-state index contributed by atoms with van der Waals surface area (Å²) in [6, 6.07) is 6.83. The Bertz CT molecular complexity index is 2030. The molecule has 428 valence electrons. The molecule has 0 fully saturated rings. The molecule has 0 saturated heterocycles. The minimum atomic E-state index is -4.65. The van der Waals surface area contributed by atoms with Crippen molar-refractivity contribution in [2.45, 2.75) is 226 Å². The van der Waals surface area contributed by atoms with Crippen LogP contribution in [-0.2, 0) is 55.2 Å². The Hall–Kier alpha value is -4.47. The van der Waals surface area contributed by atoms with Gasteiger partial charge in [-0.05, 0) is 76.2 Å². The van der Waals surface area contributed by atoms with Crippen molar-refractivity contribution in [3.63, 3.8) is 0 Å². The summed E-state index contributed by atoms with van der Waals surface area (Å²) in [4.78, 5) is 72.3. The van der Waals surface area contributed by atoms with Crippen molar-refractivity contribution in [2.24, 2.45) is 0 Å². The van der Waals surface area contributed by atoms with E-state index >= 15 is 0 Å². The number of phosphoric acid groups is 1. The number of methoxy groups -OCH3 is 1. The van der Waals surface area contributed by atoms with Crippen LogP contribution in [0.15, 0.2) is 48.6 Å². The maximum Gasteiger partial charge on any atom is 0.472 e. The van der Waals surface area contributed by atoms with Gasteiger partial charge in [0.1, 0.15) is 24.8 Å². The molecule has 1 aliphatic heterocycles. The van der Waals surface area contributed by atoms with Crippen molar-refractivity contribution in [1.82, 2.24) is 9.97 Å². The second kappa shape index (κ2) is 41.6. The molecular formula is C59H95N4O12P. The number of hydrogen-bond donors (Lipinski definition) is 2. The average Bonchev–Trinajstić information content (AvgIpc) is 3.74. The third-order valence-electron chi connectivity index (χ3n) is 13.3. The molecule has 2 unspecified atom stereocenters. The zero-order valence-corrected chi connectivity index (χ0v) is 47.6. The normalized spacial score (nSPS) is 13.6. The van der Waals surface area contributed by atoms with Gasteiger partial charge in [-0.15, -0.1) is 0 Å². The summed E-state index contributed by atoms with van der Waals surface area (Å²) in [6.07, 6.45) is 38.2. The summed E-state index contributed by atoms with van der Waals surface area (Å²) in [6.45, 7) is 4.09. The van der Waals surface area contributed by atoms with Crippen molar-refractivity contribution in [3.8, 4) is 6.01 Å². The fourth-order valence-electron chi connectivity index (χ4n) is 8.72. The molecule has 0 aliphatic carbocycles. The molecular weight excluding hydrogens is 988 g/mol. The standard InChI is InChI=1S/C59H95N4O12P/c1-4-6-8-10-12-14-16-18-20-22-24-26-28-30-32-36-55(66)72-47-51(75-56(67)37-33-31-29-27-25-23-21-19-17-15-13-11-9-7-5-2)48-74-76(68,69)73-42-34-35-53(64)50-40-38-49(39-41-50)46-63-54(65)45-52-57(60)61-59(62-58(52)63)71-44-43-70-3/h18-21,38-41,51H,4-17,22-37,42-48H2,1-3H3,(H,68,69)(H2,60,61,62)/b20-18-,21-19-. The minimum Gasteiger partial charge on any atom is -0.462 e. The van der Waals surface area contributed by atoms with E-state index in [2.05, 4.69) is 48.1 Å². The fourth-order valence-corrected chi connectivity index (χ4v) is 9.51. The molecule has 76 heavy (non-hydrogen) atoms. The molecule has 0 radical (unpaired) electrons. The molecule has 0 saturated carbocycles. The number of amides is 1. The molecule has 0 spiro atoms. The smallest absolute Gasteiger partial charge is 0.462 e. The first kappa shape index (κ1) is 65.8. The molecule has 16 nitrogen and oxygen atoms in total. The second-order valence-corrected chi connectivity index (χ2v) is 21.4. The van der Waals surface area contributed by atoms with Gasteiger partial charge in [-0.3, -0.25) is 33.1 Å². The number of esters is 2. The van der Waals surface area contributed by atoms with E-state index in [0.717, 1.165) is 82.6 Å². The summed E-state index contributed by atoms with van der Waals surface area (Å²) in [5.41, 5.74) is 7.81. The van der Waals surface area contributed by atoms with Crippen LogP contribution < -0.4 is 15.4 Å². The van der Waals surface area contributed by atoms with E-state index in [1.165, 1.54) is 81.9 Å². The number of ketones is 1. The van der Waals surface area contributed by atoms with Crippen LogP contribution >= 0.6 is 7.82 Å². The Morgan fingerprint density at radius 1 is 0.658 bits per heavy atom. The predicted molar refractivity (Wildman–Crippen MR) is 300 cm³/mol. The van der Waals surface area contributed by atoms with Crippen LogP contribution in [0.25, 0.3) is 0 Å². The van der Waals surface area contributed by atoms with E-state index in [1.807, 2.05) is 0 Å². The summed E-state index contributed by atoms with van der Waals surface area (Å²) in [5, 5.41) is 0. The third kappa shape index (κ3) is 30.5. The quantitative estimate of drug-likeness (QED) is 0.0207. The van der Waals surface area contributed by atoms with Gasteiger partial charge in [0, 0.05) is 37.5 Å². The number of hydrogen-bond acceptors (Lipinski definition) is 14. The van der Waals surface area contributed by atoms with E-state index in [9.17, 15) is 28.6 Å². The highest BCUT2D eigenvalue weighted by Crippen LogP contribution is 2.43. The number of carbonyl (C=O) groups excluding carboxylic acids is 4. The van der Waals surface area contributed by atoms with E-state index in [0.29, 0.717) is 36.4 Å². The molecule has 3 rings (SSSR count). The lowest BCUT2D eigenvalue weighted by molar-refractivity contribution is -0.161. The molecule has 1 aromatic carbocycles. The highest BCUT2D eigenvalue weighted by molar-refractivity contribution is 7.47. The minimum absolute atomic E-state index is 0.0165. The van der Waals surface area contributed by atoms with E-state index in [1.54, 1.807) is 31.4 Å². The lowest BCUT2D eigenvalue weighted by Crippen LogP contribution is -2.29. The number of fused-ring (bicyclic) bond motifs is 1. The summed E-state index contributed by atoms with van der Waals surface area (Å²) >= 11 is 0. The molecule has 2 aromatic rings. The average molecular weight is 1080 g/mol. The maximum atomic E-state index is 13.1. The van der Waals surface area contributed by atoms with Crippen LogP contribution in [0.3, 0.4) is 0 Å². The highest BCUT2D eigenvalue weighted by Gasteiger charge is 2.32. The Balaban J connectivity index is 1.40. The summed E-state index contributed by atoms with van der Waals surface area (Å²) in [5.74, 6) is -0.814. The van der Waals surface area contributed by atoms with Crippen LogP contribution in [0.2, 0.25) is 0 Å². The molecule has 0 bridgehead atoms. The number of Topliss-reactive ketones (excluding diaryl/α,β-unsaturated/α-hetero) is 1. The number of carbonyl (C=O) groups is 4.